The third kappa shape index (κ3) is 2.55. The summed E-state index contributed by atoms with van der Waals surface area (Å²) in [7, 11) is 1.17. The third-order valence-corrected chi connectivity index (χ3v) is 3.12. The Labute approximate surface area is 118 Å². The molecule has 1 aromatic carbocycles. The van der Waals surface area contributed by atoms with Crippen LogP contribution in [0.5, 0.6) is 0 Å². The van der Waals surface area contributed by atoms with Crippen molar-refractivity contribution in [1.82, 2.24) is 4.98 Å². The SMILES string of the molecule is COC(=O)c1ccnc(-c2c(Cl)cccc2Cl)c1F. The highest BCUT2D eigenvalue weighted by Crippen LogP contribution is 2.35. The molecule has 0 bridgehead atoms. The zero-order valence-electron chi connectivity index (χ0n) is 9.78. The fourth-order valence-electron chi connectivity index (χ4n) is 1.61. The van der Waals surface area contributed by atoms with Gasteiger partial charge in [0.15, 0.2) is 5.82 Å². The van der Waals surface area contributed by atoms with Gasteiger partial charge in [0.2, 0.25) is 0 Å². The number of nitrogens with zero attached hydrogens (tertiary/aromatic N) is 1. The second-order valence-corrected chi connectivity index (χ2v) is 4.42. The van der Waals surface area contributed by atoms with Gasteiger partial charge in [-0.15, -0.1) is 0 Å². The largest absolute Gasteiger partial charge is 0.465 e. The van der Waals surface area contributed by atoms with Gasteiger partial charge in [0.25, 0.3) is 0 Å². The minimum atomic E-state index is -0.815. The van der Waals surface area contributed by atoms with E-state index in [1.54, 1.807) is 18.2 Å². The number of benzene rings is 1. The van der Waals surface area contributed by atoms with Crippen LogP contribution >= 0.6 is 23.2 Å². The molecule has 0 amide bonds. The van der Waals surface area contributed by atoms with Crippen LogP contribution in [0.2, 0.25) is 10.0 Å². The molecule has 3 nitrogen and oxygen atoms in total. The Kier molecular flexibility index (Phi) is 4.02. The highest BCUT2D eigenvalue weighted by atomic mass is 35.5. The number of hydrogen-bond acceptors (Lipinski definition) is 3. The number of halogens is 3. The van der Waals surface area contributed by atoms with E-state index >= 15 is 0 Å². The predicted molar refractivity (Wildman–Crippen MR) is 71.0 cm³/mol. The first-order valence-corrected chi connectivity index (χ1v) is 5.99. The molecule has 98 valence electrons. The van der Waals surface area contributed by atoms with Gasteiger partial charge in [-0.25, -0.2) is 9.18 Å². The molecule has 0 saturated carbocycles. The zero-order chi connectivity index (χ0) is 14.0. The number of hydrogen-bond donors (Lipinski definition) is 0. The molecule has 1 aromatic heterocycles. The summed E-state index contributed by atoms with van der Waals surface area (Å²) >= 11 is 12.0. The summed E-state index contributed by atoms with van der Waals surface area (Å²) < 4.78 is 18.8. The first-order valence-electron chi connectivity index (χ1n) is 5.23. The van der Waals surface area contributed by atoms with Crippen molar-refractivity contribution in [3.63, 3.8) is 0 Å². The van der Waals surface area contributed by atoms with Crippen LogP contribution < -0.4 is 0 Å². The van der Waals surface area contributed by atoms with Crippen molar-refractivity contribution in [3.05, 3.63) is 51.9 Å². The minimum absolute atomic E-state index is 0.0847. The fourth-order valence-corrected chi connectivity index (χ4v) is 2.19. The van der Waals surface area contributed by atoms with Gasteiger partial charge < -0.3 is 4.74 Å². The maximum absolute atomic E-state index is 14.3. The van der Waals surface area contributed by atoms with Gasteiger partial charge in [0, 0.05) is 11.8 Å². The van der Waals surface area contributed by atoms with Gasteiger partial charge in [-0.3, -0.25) is 4.98 Å². The lowest BCUT2D eigenvalue weighted by molar-refractivity contribution is 0.0595. The third-order valence-electron chi connectivity index (χ3n) is 2.49. The number of aromatic nitrogens is 1. The average molecular weight is 300 g/mol. The topological polar surface area (TPSA) is 39.2 Å². The normalized spacial score (nSPS) is 10.3. The maximum Gasteiger partial charge on any atom is 0.340 e. The molecule has 0 atom stereocenters. The summed E-state index contributed by atoms with van der Waals surface area (Å²) in [4.78, 5) is 15.3. The van der Waals surface area contributed by atoms with Crippen LogP contribution in [-0.2, 0) is 4.74 Å². The van der Waals surface area contributed by atoms with E-state index in [0.717, 1.165) is 0 Å². The van der Waals surface area contributed by atoms with E-state index in [0.29, 0.717) is 0 Å². The standard InChI is InChI=1S/C13H8Cl2FNO2/c1-19-13(18)7-5-6-17-12(11(7)16)10-8(14)3-2-4-9(10)15/h2-6H,1H3. The quantitative estimate of drug-likeness (QED) is 0.787. The Balaban J connectivity index is 2.67. The Morgan fingerprint density at radius 2 is 1.89 bits per heavy atom. The first kappa shape index (κ1) is 13.8. The molecule has 0 spiro atoms. The van der Waals surface area contributed by atoms with Crippen LogP contribution in [0.3, 0.4) is 0 Å². The Morgan fingerprint density at radius 1 is 1.26 bits per heavy atom. The number of ether oxygens (including phenoxy) is 1. The van der Waals surface area contributed by atoms with Gasteiger partial charge in [-0.1, -0.05) is 29.3 Å². The van der Waals surface area contributed by atoms with Crippen molar-refractivity contribution in [3.8, 4) is 11.3 Å². The van der Waals surface area contributed by atoms with Crippen LogP contribution in [0.15, 0.2) is 30.5 Å². The molecule has 0 aliphatic carbocycles. The number of esters is 1. The van der Waals surface area contributed by atoms with Crippen molar-refractivity contribution >= 4 is 29.2 Å². The van der Waals surface area contributed by atoms with Crippen LogP contribution in [0.1, 0.15) is 10.4 Å². The molecule has 0 fully saturated rings. The summed E-state index contributed by atoms with van der Waals surface area (Å²) in [6.45, 7) is 0. The molecule has 0 saturated heterocycles. The Hall–Kier alpha value is -1.65. The summed E-state index contributed by atoms with van der Waals surface area (Å²) in [6, 6.07) is 6.00. The zero-order valence-corrected chi connectivity index (χ0v) is 11.3. The number of pyridine rings is 1. The second kappa shape index (κ2) is 5.55. The highest BCUT2D eigenvalue weighted by Gasteiger charge is 2.20. The molecule has 19 heavy (non-hydrogen) atoms. The smallest absolute Gasteiger partial charge is 0.340 e. The van der Waals surface area contributed by atoms with Crippen LogP contribution in [0, 0.1) is 5.82 Å². The lowest BCUT2D eigenvalue weighted by Crippen LogP contribution is -2.06. The number of rotatable bonds is 2. The van der Waals surface area contributed by atoms with Gasteiger partial charge in [-0.05, 0) is 18.2 Å². The molecule has 0 aliphatic heterocycles. The van der Waals surface area contributed by atoms with Crippen molar-refractivity contribution in [2.45, 2.75) is 0 Å². The fraction of sp³-hybridized carbons (Fsp3) is 0.0769. The molecule has 0 aliphatic rings. The Morgan fingerprint density at radius 3 is 2.47 bits per heavy atom. The van der Waals surface area contributed by atoms with E-state index in [9.17, 15) is 9.18 Å². The van der Waals surface area contributed by atoms with E-state index in [2.05, 4.69) is 9.72 Å². The van der Waals surface area contributed by atoms with E-state index in [1.807, 2.05) is 0 Å². The molecule has 2 rings (SSSR count). The molecule has 2 aromatic rings. The van der Waals surface area contributed by atoms with E-state index in [4.69, 9.17) is 23.2 Å². The van der Waals surface area contributed by atoms with Crippen LogP contribution in [0.4, 0.5) is 4.39 Å². The van der Waals surface area contributed by atoms with Crippen molar-refractivity contribution in [2.24, 2.45) is 0 Å². The maximum atomic E-state index is 14.3. The predicted octanol–water partition coefficient (Wildman–Crippen LogP) is 3.98. The summed E-state index contributed by atoms with van der Waals surface area (Å²) in [5, 5.41) is 0.502. The van der Waals surface area contributed by atoms with Gasteiger partial charge in [0.1, 0.15) is 5.69 Å². The average Bonchev–Trinajstić information content (AvgIpc) is 2.39. The number of methoxy groups -OCH3 is 1. The molecule has 1 heterocycles. The van der Waals surface area contributed by atoms with Crippen LogP contribution in [-0.4, -0.2) is 18.1 Å². The van der Waals surface area contributed by atoms with Gasteiger partial charge >= 0.3 is 5.97 Å². The summed E-state index contributed by atoms with van der Waals surface area (Å²) in [5.74, 6) is -1.60. The van der Waals surface area contributed by atoms with Gasteiger partial charge in [0.05, 0.1) is 22.7 Å². The second-order valence-electron chi connectivity index (χ2n) is 3.61. The molecule has 0 N–H and O–H groups in total. The monoisotopic (exact) mass is 299 g/mol. The van der Waals surface area contributed by atoms with E-state index < -0.39 is 11.8 Å². The van der Waals surface area contributed by atoms with Crippen LogP contribution in [0.25, 0.3) is 11.3 Å². The van der Waals surface area contributed by atoms with E-state index in [1.165, 1.54) is 19.4 Å². The number of carbonyl (C=O) groups is 1. The summed E-state index contributed by atoms with van der Waals surface area (Å²) in [6.07, 6.45) is 1.30. The van der Waals surface area contributed by atoms with E-state index in [-0.39, 0.29) is 26.9 Å². The molecule has 0 radical (unpaired) electrons. The Bertz CT molecular complexity index is 626. The minimum Gasteiger partial charge on any atom is -0.465 e. The lowest BCUT2D eigenvalue weighted by atomic mass is 10.1. The van der Waals surface area contributed by atoms with Crippen molar-refractivity contribution in [2.75, 3.05) is 7.11 Å². The molecule has 0 unspecified atom stereocenters. The first-order chi connectivity index (χ1) is 9.06. The number of carbonyl (C=O) groups excluding carboxylic acids is 1. The lowest BCUT2D eigenvalue weighted by Gasteiger charge is -2.09. The molecular formula is C13H8Cl2FNO2. The molecular weight excluding hydrogens is 292 g/mol. The molecule has 6 heteroatoms. The van der Waals surface area contributed by atoms with Crippen molar-refractivity contribution in [1.29, 1.82) is 0 Å². The summed E-state index contributed by atoms with van der Waals surface area (Å²) in [5.41, 5.74) is -0.0592. The van der Waals surface area contributed by atoms with Crippen molar-refractivity contribution < 1.29 is 13.9 Å². The highest BCUT2D eigenvalue weighted by molar-refractivity contribution is 6.39. The van der Waals surface area contributed by atoms with Gasteiger partial charge in [-0.2, -0.15) is 0 Å².